The first kappa shape index (κ1) is 13.7. The molecule has 1 aromatic heterocycles. The van der Waals surface area contributed by atoms with E-state index in [1.54, 1.807) is 6.33 Å². The van der Waals surface area contributed by atoms with Crippen molar-refractivity contribution in [3.05, 3.63) is 12.2 Å². The molecule has 4 bridgehead atoms. The number of aromatic nitrogens is 3. The lowest BCUT2D eigenvalue weighted by molar-refractivity contribution is -0.0721. The van der Waals surface area contributed by atoms with Crippen LogP contribution in [0.3, 0.4) is 0 Å². The Morgan fingerprint density at radius 3 is 2.19 bits per heavy atom. The summed E-state index contributed by atoms with van der Waals surface area (Å²) in [5.74, 6) is 4.11. The molecule has 0 radical (unpaired) electrons. The van der Waals surface area contributed by atoms with Gasteiger partial charge in [0.1, 0.15) is 12.2 Å². The number of rotatable bonds is 4. The third kappa shape index (κ3) is 2.23. The van der Waals surface area contributed by atoms with Gasteiger partial charge in [-0.15, -0.1) is 10.2 Å². The molecule has 0 amide bonds. The van der Waals surface area contributed by atoms with E-state index in [-0.39, 0.29) is 6.04 Å². The van der Waals surface area contributed by atoms with Crippen molar-refractivity contribution in [1.29, 1.82) is 0 Å². The minimum absolute atomic E-state index is 0.278. The molecule has 4 nitrogen and oxygen atoms in total. The Bertz CT molecular complexity index is 485. The fourth-order valence-corrected chi connectivity index (χ4v) is 6.02. The normalized spacial score (nSPS) is 40.4. The van der Waals surface area contributed by atoms with Crippen LogP contribution in [0.1, 0.15) is 64.2 Å². The summed E-state index contributed by atoms with van der Waals surface area (Å²) in [5, 5.41) is 12.1. The third-order valence-corrected chi connectivity index (χ3v) is 6.64. The van der Waals surface area contributed by atoms with Gasteiger partial charge in [-0.1, -0.05) is 0 Å². The van der Waals surface area contributed by atoms with E-state index in [4.69, 9.17) is 0 Å². The lowest BCUT2D eigenvalue weighted by Gasteiger charge is -2.59. The smallest absolute Gasteiger partial charge is 0.149 e. The van der Waals surface area contributed by atoms with Crippen LogP contribution in [-0.4, -0.2) is 20.8 Å². The molecule has 5 rings (SSSR count). The van der Waals surface area contributed by atoms with Crippen molar-refractivity contribution < 1.29 is 0 Å². The zero-order valence-corrected chi connectivity index (χ0v) is 13.5. The lowest BCUT2D eigenvalue weighted by Crippen LogP contribution is -2.55. The van der Waals surface area contributed by atoms with Gasteiger partial charge in [-0.3, -0.25) is 0 Å². The summed E-state index contributed by atoms with van der Waals surface area (Å²) in [7, 11) is 2.03. The van der Waals surface area contributed by atoms with Crippen LogP contribution in [0.15, 0.2) is 6.33 Å². The second kappa shape index (κ2) is 4.80. The van der Waals surface area contributed by atoms with Crippen molar-refractivity contribution in [2.75, 3.05) is 0 Å². The molecular weight excluding hydrogens is 260 g/mol. The van der Waals surface area contributed by atoms with E-state index in [0.717, 1.165) is 23.6 Å². The van der Waals surface area contributed by atoms with Gasteiger partial charge in [0.05, 0.1) is 6.04 Å². The van der Waals surface area contributed by atoms with Crippen LogP contribution >= 0.6 is 0 Å². The Labute approximate surface area is 127 Å². The molecule has 0 spiro atoms. The van der Waals surface area contributed by atoms with Gasteiger partial charge in [0.15, 0.2) is 0 Å². The molecule has 0 aliphatic heterocycles. The number of aryl methyl sites for hydroxylation is 1. The van der Waals surface area contributed by atoms with Crippen molar-refractivity contribution in [2.45, 2.75) is 64.5 Å². The monoisotopic (exact) mass is 288 g/mol. The van der Waals surface area contributed by atoms with Gasteiger partial charge in [-0.25, -0.2) is 0 Å². The van der Waals surface area contributed by atoms with Crippen LogP contribution in [0.5, 0.6) is 0 Å². The Hall–Kier alpha value is -0.900. The molecule has 4 aliphatic carbocycles. The minimum Gasteiger partial charge on any atom is -0.319 e. The molecule has 4 fully saturated rings. The highest BCUT2D eigenvalue weighted by Crippen LogP contribution is 2.61. The molecule has 1 aromatic rings. The van der Waals surface area contributed by atoms with Crippen molar-refractivity contribution in [2.24, 2.45) is 30.2 Å². The van der Waals surface area contributed by atoms with Crippen LogP contribution in [0.2, 0.25) is 0 Å². The van der Waals surface area contributed by atoms with E-state index < -0.39 is 0 Å². The lowest BCUT2D eigenvalue weighted by atomic mass is 9.48. The zero-order chi connectivity index (χ0) is 14.6. The average molecular weight is 288 g/mol. The van der Waals surface area contributed by atoms with Crippen LogP contribution in [0.25, 0.3) is 0 Å². The second-order valence-electron chi connectivity index (χ2n) is 8.19. The van der Waals surface area contributed by atoms with Gasteiger partial charge < -0.3 is 9.88 Å². The summed E-state index contributed by atoms with van der Waals surface area (Å²) < 4.78 is 2.03. The largest absolute Gasteiger partial charge is 0.319 e. The molecule has 116 valence electrons. The first-order chi connectivity index (χ1) is 10.1. The average Bonchev–Trinajstić information content (AvgIpc) is 2.83. The zero-order valence-electron chi connectivity index (χ0n) is 13.5. The van der Waals surface area contributed by atoms with Crippen LogP contribution in [0, 0.1) is 23.2 Å². The minimum atomic E-state index is 0.278. The molecule has 1 N–H and O–H groups in total. The Balaban J connectivity index is 1.50. The molecule has 4 saturated carbocycles. The van der Waals surface area contributed by atoms with Gasteiger partial charge in [-0.2, -0.15) is 0 Å². The first-order valence-corrected chi connectivity index (χ1v) is 8.66. The molecular formula is C17H28N4. The van der Waals surface area contributed by atoms with E-state index in [1.807, 2.05) is 11.6 Å². The van der Waals surface area contributed by atoms with Crippen LogP contribution in [-0.2, 0) is 7.05 Å². The summed E-state index contributed by atoms with van der Waals surface area (Å²) in [4.78, 5) is 0. The number of hydrogen-bond donors (Lipinski definition) is 1. The van der Waals surface area contributed by atoms with E-state index in [0.29, 0.717) is 11.5 Å². The van der Waals surface area contributed by atoms with Crippen molar-refractivity contribution in [3.63, 3.8) is 0 Å². The van der Waals surface area contributed by atoms with Gasteiger partial charge in [0.25, 0.3) is 0 Å². The quantitative estimate of drug-likeness (QED) is 0.926. The van der Waals surface area contributed by atoms with Gasteiger partial charge >= 0.3 is 0 Å². The predicted molar refractivity (Wildman–Crippen MR) is 82.6 cm³/mol. The van der Waals surface area contributed by atoms with E-state index >= 15 is 0 Å². The molecule has 2 unspecified atom stereocenters. The molecule has 0 saturated heterocycles. The summed E-state index contributed by atoms with van der Waals surface area (Å²) in [5.41, 5.74) is 0.557. The maximum absolute atomic E-state index is 4.27. The van der Waals surface area contributed by atoms with Crippen LogP contribution < -0.4 is 5.32 Å². The molecule has 4 heteroatoms. The summed E-state index contributed by atoms with van der Waals surface area (Å²) in [6.45, 7) is 4.64. The molecule has 0 aromatic carbocycles. The third-order valence-electron chi connectivity index (χ3n) is 6.64. The van der Waals surface area contributed by atoms with Gasteiger partial charge in [0, 0.05) is 13.1 Å². The molecule has 1 heterocycles. The van der Waals surface area contributed by atoms with E-state index in [1.165, 1.54) is 38.5 Å². The topological polar surface area (TPSA) is 42.7 Å². The van der Waals surface area contributed by atoms with Crippen LogP contribution in [0.4, 0.5) is 0 Å². The van der Waals surface area contributed by atoms with E-state index in [9.17, 15) is 0 Å². The number of nitrogens with one attached hydrogen (secondary N) is 1. The summed E-state index contributed by atoms with van der Waals surface area (Å²) >= 11 is 0. The van der Waals surface area contributed by atoms with Gasteiger partial charge in [0.2, 0.25) is 0 Å². The maximum atomic E-state index is 4.27. The Morgan fingerprint density at radius 2 is 1.71 bits per heavy atom. The standard InChI is InChI=1S/C17H28N4/c1-11(16-20-18-10-21(16)3)19-12(2)17-7-13-4-14(8-17)6-15(5-13)9-17/h10-15,19H,4-9H2,1-3H3. The second-order valence-corrected chi connectivity index (χ2v) is 8.19. The summed E-state index contributed by atoms with van der Waals surface area (Å²) in [6.07, 6.45) is 10.7. The number of nitrogens with zero attached hydrogens (tertiary/aromatic N) is 3. The summed E-state index contributed by atoms with van der Waals surface area (Å²) in [6, 6.07) is 0.859. The number of hydrogen-bond acceptors (Lipinski definition) is 3. The van der Waals surface area contributed by atoms with E-state index in [2.05, 4.69) is 29.4 Å². The SMILES string of the molecule is CC(NC(C)C12CC3CC(CC(C3)C1)C2)c1nncn1C. The highest BCUT2D eigenvalue weighted by atomic mass is 15.3. The predicted octanol–water partition coefficient (Wildman–Crippen LogP) is 3.07. The van der Waals surface area contributed by atoms with Crippen molar-refractivity contribution in [1.82, 2.24) is 20.1 Å². The first-order valence-electron chi connectivity index (χ1n) is 8.66. The molecule has 21 heavy (non-hydrogen) atoms. The van der Waals surface area contributed by atoms with Crippen molar-refractivity contribution in [3.8, 4) is 0 Å². The fourth-order valence-electron chi connectivity index (χ4n) is 6.02. The molecule has 4 aliphatic rings. The fraction of sp³-hybridized carbons (Fsp3) is 0.882. The van der Waals surface area contributed by atoms with Gasteiger partial charge in [-0.05, 0) is 75.5 Å². The Morgan fingerprint density at radius 1 is 1.14 bits per heavy atom. The highest BCUT2D eigenvalue weighted by Gasteiger charge is 2.53. The maximum Gasteiger partial charge on any atom is 0.149 e. The van der Waals surface area contributed by atoms with Crippen molar-refractivity contribution >= 4 is 0 Å². The Kier molecular flexibility index (Phi) is 3.14. The highest BCUT2D eigenvalue weighted by molar-refractivity contribution is 5.06. The molecule has 2 atom stereocenters.